The molecule has 0 aliphatic heterocycles. The second-order valence-electron chi connectivity index (χ2n) is 6.21. The highest BCUT2D eigenvalue weighted by Gasteiger charge is 2.16. The largest absolute Gasteiger partial charge is 0.363 e. The summed E-state index contributed by atoms with van der Waals surface area (Å²) in [7, 11) is 3.77. The van der Waals surface area contributed by atoms with Gasteiger partial charge in [0.2, 0.25) is 0 Å². The molecule has 3 heterocycles. The van der Waals surface area contributed by atoms with Gasteiger partial charge >= 0.3 is 5.69 Å². The fourth-order valence-corrected chi connectivity index (χ4v) is 2.60. The third-order valence-corrected chi connectivity index (χ3v) is 4.09. The quantitative estimate of drug-likeness (QED) is 0.667. The van der Waals surface area contributed by atoms with Crippen molar-refractivity contribution in [1.29, 1.82) is 0 Å². The number of hydrogen-bond acceptors (Lipinski definition) is 6. The minimum atomic E-state index is -1.88. The number of halogens is 2. The van der Waals surface area contributed by atoms with Crippen LogP contribution in [0.4, 0.5) is 14.6 Å². The molecule has 28 heavy (non-hydrogen) atoms. The third-order valence-electron chi connectivity index (χ3n) is 4.09. The van der Waals surface area contributed by atoms with E-state index in [9.17, 15) is 13.6 Å². The van der Waals surface area contributed by atoms with Gasteiger partial charge < -0.3 is 10.6 Å². The van der Waals surface area contributed by atoms with Crippen LogP contribution >= 0.6 is 0 Å². The fourth-order valence-electron chi connectivity index (χ4n) is 2.60. The first-order valence-corrected chi connectivity index (χ1v) is 8.41. The second kappa shape index (κ2) is 8.09. The van der Waals surface area contributed by atoms with Gasteiger partial charge in [-0.2, -0.15) is 13.9 Å². The highest BCUT2D eigenvalue weighted by molar-refractivity contribution is 5.60. The molecule has 0 aromatic carbocycles. The second-order valence-corrected chi connectivity index (χ2v) is 6.21. The molecule has 3 N–H and O–H groups in total. The van der Waals surface area contributed by atoms with Crippen molar-refractivity contribution in [2.45, 2.75) is 6.42 Å². The Morgan fingerprint density at radius 2 is 2.04 bits per heavy atom. The molecule has 10 heteroatoms. The van der Waals surface area contributed by atoms with E-state index in [0.717, 1.165) is 15.9 Å². The zero-order chi connectivity index (χ0) is 20.3. The molecular formula is C18H19F2N7O. The zero-order valence-electron chi connectivity index (χ0n) is 15.4. The monoisotopic (exact) mass is 387 g/mol. The van der Waals surface area contributed by atoms with Crippen LogP contribution in [0.25, 0.3) is 17.1 Å². The van der Waals surface area contributed by atoms with Gasteiger partial charge in [0, 0.05) is 44.4 Å². The number of rotatable bonds is 6. The van der Waals surface area contributed by atoms with Crippen molar-refractivity contribution in [1.82, 2.24) is 24.7 Å². The number of nitrogens with two attached hydrogens (primary N) is 1. The van der Waals surface area contributed by atoms with E-state index in [1.807, 2.05) is 31.1 Å². The minimum absolute atomic E-state index is 0.101. The molecular weight excluding hydrogens is 368 g/mol. The van der Waals surface area contributed by atoms with Gasteiger partial charge in [-0.3, -0.25) is 0 Å². The summed E-state index contributed by atoms with van der Waals surface area (Å²) in [6.45, 7) is -0.333. The van der Waals surface area contributed by atoms with Crippen molar-refractivity contribution in [3.8, 4) is 17.1 Å². The summed E-state index contributed by atoms with van der Waals surface area (Å²) in [4.78, 5) is 22.9. The Balaban J connectivity index is 2.00. The maximum atomic E-state index is 12.9. The van der Waals surface area contributed by atoms with E-state index in [2.05, 4.69) is 20.2 Å². The van der Waals surface area contributed by atoms with Crippen LogP contribution in [0.1, 0.15) is 5.82 Å². The summed E-state index contributed by atoms with van der Waals surface area (Å²) in [6, 6.07) is 8.80. The molecule has 0 saturated carbocycles. The lowest BCUT2D eigenvalue weighted by Gasteiger charge is -2.11. The molecule has 8 nitrogen and oxygen atoms in total. The Labute approximate surface area is 159 Å². The summed E-state index contributed by atoms with van der Waals surface area (Å²) in [5, 5.41) is 6.11. The molecule has 3 rings (SSSR count). The zero-order valence-corrected chi connectivity index (χ0v) is 15.4. The molecule has 0 radical (unpaired) electrons. The van der Waals surface area contributed by atoms with E-state index < -0.39 is 11.8 Å². The van der Waals surface area contributed by atoms with E-state index >= 15 is 0 Å². The Bertz CT molecular complexity index is 1050. The number of H-pyrrole nitrogens is 1. The highest BCUT2D eigenvalue weighted by Crippen LogP contribution is 2.20. The highest BCUT2D eigenvalue weighted by atomic mass is 19.3. The van der Waals surface area contributed by atoms with E-state index in [1.54, 1.807) is 24.4 Å². The third kappa shape index (κ3) is 3.96. The van der Waals surface area contributed by atoms with Gasteiger partial charge in [0.1, 0.15) is 17.5 Å². The SMILES string of the molecule is CN(C)c1ccc(-c2cccc(-n3c(CC(CN)=C(F)F)n[nH]c3=O)n2)cn1. The van der Waals surface area contributed by atoms with Crippen LogP contribution < -0.4 is 16.3 Å². The first-order chi connectivity index (χ1) is 13.4. The standard InChI is InChI=1S/C18H19F2N7O/c1-26(2)14-7-6-11(10-22-14)13-4-3-5-15(23-13)27-16(24-25-18(27)28)8-12(9-21)17(19)20/h3-7,10H,8-9,21H2,1-2H3,(H,25,28). The van der Waals surface area contributed by atoms with E-state index in [4.69, 9.17) is 5.73 Å². The predicted molar refractivity (Wildman–Crippen MR) is 102 cm³/mol. The smallest absolute Gasteiger partial charge is 0.349 e. The van der Waals surface area contributed by atoms with Gasteiger partial charge in [0.15, 0.2) is 0 Å². The molecule has 3 aromatic heterocycles. The molecule has 0 unspecified atom stereocenters. The van der Waals surface area contributed by atoms with Crippen molar-refractivity contribution in [3.63, 3.8) is 0 Å². The molecule has 0 aliphatic rings. The van der Waals surface area contributed by atoms with Crippen LogP contribution in [-0.2, 0) is 6.42 Å². The molecule has 0 fully saturated rings. The van der Waals surface area contributed by atoms with Crippen molar-refractivity contribution >= 4 is 5.82 Å². The summed E-state index contributed by atoms with van der Waals surface area (Å²) >= 11 is 0. The topological polar surface area (TPSA) is 106 Å². The van der Waals surface area contributed by atoms with Crippen LogP contribution in [-0.4, -0.2) is 45.4 Å². The molecule has 146 valence electrons. The molecule has 0 spiro atoms. The lowest BCUT2D eigenvalue weighted by molar-refractivity contribution is 0.407. The molecule has 3 aromatic rings. The van der Waals surface area contributed by atoms with Crippen LogP contribution in [0, 0.1) is 0 Å². The maximum Gasteiger partial charge on any atom is 0.349 e. The Morgan fingerprint density at radius 1 is 1.25 bits per heavy atom. The van der Waals surface area contributed by atoms with Crippen LogP contribution in [0.15, 0.2) is 53.0 Å². The van der Waals surface area contributed by atoms with Gasteiger partial charge in [0.25, 0.3) is 6.08 Å². The number of aromatic nitrogens is 5. The first-order valence-electron chi connectivity index (χ1n) is 8.41. The predicted octanol–water partition coefficient (Wildman–Crippen LogP) is 1.74. The average Bonchev–Trinajstić information content (AvgIpc) is 3.06. The Kier molecular flexibility index (Phi) is 5.59. The Hall–Kier alpha value is -3.40. The molecule has 0 aliphatic carbocycles. The number of hydrogen-bond donors (Lipinski definition) is 2. The molecule has 0 saturated heterocycles. The van der Waals surface area contributed by atoms with Crippen LogP contribution in [0.5, 0.6) is 0 Å². The summed E-state index contributed by atoms with van der Waals surface area (Å²) in [5.41, 5.74) is 5.83. The summed E-state index contributed by atoms with van der Waals surface area (Å²) in [5.74, 6) is 1.16. The molecule has 0 bridgehead atoms. The van der Waals surface area contributed by atoms with Crippen molar-refractivity contribution in [2.75, 3.05) is 25.5 Å². The van der Waals surface area contributed by atoms with Crippen LogP contribution in [0.3, 0.4) is 0 Å². The van der Waals surface area contributed by atoms with Crippen LogP contribution in [0.2, 0.25) is 0 Å². The Morgan fingerprint density at radius 3 is 2.64 bits per heavy atom. The number of nitrogens with zero attached hydrogens (tertiary/aromatic N) is 5. The first kappa shape index (κ1) is 19.4. The van der Waals surface area contributed by atoms with Crippen molar-refractivity contribution in [2.24, 2.45) is 5.73 Å². The minimum Gasteiger partial charge on any atom is -0.363 e. The lowest BCUT2D eigenvalue weighted by atomic mass is 10.2. The van der Waals surface area contributed by atoms with Gasteiger partial charge in [0.05, 0.1) is 5.69 Å². The average molecular weight is 387 g/mol. The number of anilines is 1. The number of nitrogens with one attached hydrogen (secondary N) is 1. The fraction of sp³-hybridized carbons (Fsp3) is 0.222. The van der Waals surface area contributed by atoms with Gasteiger partial charge in [-0.1, -0.05) is 6.07 Å². The van der Waals surface area contributed by atoms with Gasteiger partial charge in [-0.25, -0.2) is 24.4 Å². The number of pyridine rings is 2. The summed E-state index contributed by atoms with van der Waals surface area (Å²) < 4.78 is 27.1. The van der Waals surface area contributed by atoms with E-state index in [1.165, 1.54) is 0 Å². The van der Waals surface area contributed by atoms with Gasteiger partial charge in [-0.15, -0.1) is 0 Å². The normalized spacial score (nSPS) is 10.8. The van der Waals surface area contributed by atoms with E-state index in [0.29, 0.717) is 5.69 Å². The van der Waals surface area contributed by atoms with E-state index in [-0.39, 0.29) is 30.2 Å². The molecule has 0 amide bonds. The lowest BCUT2D eigenvalue weighted by Crippen LogP contribution is -2.19. The van der Waals surface area contributed by atoms with Crippen molar-refractivity contribution < 1.29 is 8.78 Å². The van der Waals surface area contributed by atoms with Crippen molar-refractivity contribution in [3.05, 3.63) is 64.5 Å². The van der Waals surface area contributed by atoms with Gasteiger partial charge in [-0.05, 0) is 24.3 Å². The summed E-state index contributed by atoms with van der Waals surface area (Å²) in [6.07, 6.45) is -0.463. The number of aromatic amines is 1. The maximum absolute atomic E-state index is 12.9. The molecule has 0 atom stereocenters.